The molecule has 1 amide bonds. The SMILES string of the molecule is COc1ccc(/C=C2/SC(=S)N(N=Cc3cc([N+](=O)[O-])ccc3O)C2=O)c(OC)c1. The summed E-state index contributed by atoms with van der Waals surface area (Å²) >= 11 is 6.27. The van der Waals surface area contributed by atoms with Crippen molar-refractivity contribution in [1.82, 2.24) is 5.01 Å². The predicted octanol–water partition coefficient (Wildman–Crippen LogP) is 3.55. The molecule has 1 N–H and O–H groups in total. The van der Waals surface area contributed by atoms with Gasteiger partial charge in [0.2, 0.25) is 0 Å². The van der Waals surface area contributed by atoms with Gasteiger partial charge in [-0.15, -0.1) is 0 Å². The van der Waals surface area contributed by atoms with Gasteiger partial charge in [-0.3, -0.25) is 14.9 Å². The number of thioether (sulfide) groups is 1. The molecule has 0 unspecified atom stereocenters. The zero-order chi connectivity index (χ0) is 21.8. The minimum absolute atomic E-state index is 0.0825. The monoisotopic (exact) mass is 445 g/mol. The lowest BCUT2D eigenvalue weighted by Crippen LogP contribution is -2.22. The number of ether oxygens (including phenoxy) is 2. The molecule has 11 heteroatoms. The van der Waals surface area contributed by atoms with Gasteiger partial charge in [-0.1, -0.05) is 11.8 Å². The van der Waals surface area contributed by atoms with E-state index in [0.29, 0.717) is 22.0 Å². The molecule has 0 radical (unpaired) electrons. The molecule has 0 bridgehead atoms. The summed E-state index contributed by atoms with van der Waals surface area (Å²) in [6.07, 6.45) is 2.77. The number of amides is 1. The van der Waals surface area contributed by atoms with Crippen molar-refractivity contribution in [3.05, 3.63) is 62.5 Å². The van der Waals surface area contributed by atoms with E-state index >= 15 is 0 Å². The molecule has 0 aromatic heterocycles. The van der Waals surface area contributed by atoms with Gasteiger partial charge in [0, 0.05) is 29.3 Å². The minimum Gasteiger partial charge on any atom is -0.507 e. The number of phenols is 1. The molecule has 0 aliphatic carbocycles. The van der Waals surface area contributed by atoms with Gasteiger partial charge in [-0.05, 0) is 36.5 Å². The summed E-state index contributed by atoms with van der Waals surface area (Å²) in [5, 5.41) is 25.8. The highest BCUT2D eigenvalue weighted by atomic mass is 32.2. The Kier molecular flexibility index (Phi) is 6.33. The Balaban J connectivity index is 1.87. The Hall–Kier alpha value is -3.44. The number of methoxy groups -OCH3 is 2. The molecule has 2 aromatic rings. The summed E-state index contributed by atoms with van der Waals surface area (Å²) in [6, 6.07) is 8.66. The number of hydrogen-bond acceptors (Lipinski definition) is 9. The Bertz CT molecular complexity index is 1100. The number of phenolic OH excluding ortho intramolecular Hbond substituents is 1. The fraction of sp³-hybridized carbons (Fsp3) is 0.105. The zero-order valence-electron chi connectivity index (χ0n) is 15.8. The molecule has 154 valence electrons. The summed E-state index contributed by atoms with van der Waals surface area (Å²) in [5.74, 6) is 0.444. The van der Waals surface area contributed by atoms with Crippen LogP contribution in [-0.2, 0) is 4.79 Å². The Morgan fingerprint density at radius 3 is 2.63 bits per heavy atom. The van der Waals surface area contributed by atoms with Crippen LogP contribution in [0.15, 0.2) is 46.4 Å². The van der Waals surface area contributed by atoms with E-state index in [-0.39, 0.29) is 21.3 Å². The number of nitro benzene ring substituents is 1. The van der Waals surface area contributed by atoms with E-state index in [1.807, 2.05) is 0 Å². The number of carbonyl (C=O) groups excluding carboxylic acids is 1. The molecule has 9 nitrogen and oxygen atoms in total. The van der Waals surface area contributed by atoms with Crippen molar-refractivity contribution in [1.29, 1.82) is 0 Å². The van der Waals surface area contributed by atoms with E-state index in [2.05, 4.69) is 5.10 Å². The van der Waals surface area contributed by atoms with Gasteiger partial charge in [-0.25, -0.2) is 0 Å². The fourth-order valence-electron chi connectivity index (χ4n) is 2.52. The summed E-state index contributed by atoms with van der Waals surface area (Å²) in [7, 11) is 3.05. The largest absolute Gasteiger partial charge is 0.507 e. The van der Waals surface area contributed by atoms with Crippen LogP contribution in [0.4, 0.5) is 5.69 Å². The van der Waals surface area contributed by atoms with Crippen molar-refractivity contribution >= 4 is 52.2 Å². The van der Waals surface area contributed by atoms with Gasteiger partial charge in [-0.2, -0.15) is 10.1 Å². The van der Waals surface area contributed by atoms with Gasteiger partial charge in [0.05, 0.1) is 30.3 Å². The molecular weight excluding hydrogens is 430 g/mol. The molecule has 3 rings (SSSR count). The van der Waals surface area contributed by atoms with Crippen LogP contribution in [0.2, 0.25) is 0 Å². The van der Waals surface area contributed by atoms with Gasteiger partial charge >= 0.3 is 0 Å². The van der Waals surface area contributed by atoms with Crippen LogP contribution in [0.5, 0.6) is 17.2 Å². The Labute approximate surface area is 180 Å². The highest BCUT2D eigenvalue weighted by molar-refractivity contribution is 8.26. The third-order valence-corrected chi connectivity index (χ3v) is 5.32. The van der Waals surface area contributed by atoms with Crippen LogP contribution >= 0.6 is 24.0 Å². The van der Waals surface area contributed by atoms with E-state index in [1.165, 1.54) is 20.3 Å². The third kappa shape index (κ3) is 4.42. The molecular formula is C19H15N3O6S2. The molecule has 0 atom stereocenters. The molecule has 30 heavy (non-hydrogen) atoms. The van der Waals surface area contributed by atoms with Gasteiger partial charge in [0.25, 0.3) is 11.6 Å². The van der Waals surface area contributed by atoms with Crippen molar-refractivity contribution < 1.29 is 24.3 Å². The van der Waals surface area contributed by atoms with E-state index in [4.69, 9.17) is 21.7 Å². The number of carbonyl (C=O) groups is 1. The maximum atomic E-state index is 12.7. The van der Waals surface area contributed by atoms with Crippen LogP contribution in [0.1, 0.15) is 11.1 Å². The molecule has 0 spiro atoms. The number of rotatable bonds is 6. The molecule has 2 aromatic carbocycles. The Morgan fingerprint density at radius 2 is 1.97 bits per heavy atom. The second kappa shape index (κ2) is 8.93. The first kappa shape index (κ1) is 21.3. The zero-order valence-corrected chi connectivity index (χ0v) is 17.4. The van der Waals surface area contributed by atoms with Crippen molar-refractivity contribution in [2.45, 2.75) is 0 Å². The average Bonchev–Trinajstić information content (AvgIpc) is 3.00. The van der Waals surface area contributed by atoms with Crippen LogP contribution in [0.3, 0.4) is 0 Å². The number of hydrogen-bond donors (Lipinski definition) is 1. The summed E-state index contributed by atoms with van der Waals surface area (Å²) < 4.78 is 10.7. The van der Waals surface area contributed by atoms with Crippen molar-refractivity contribution in [2.24, 2.45) is 5.10 Å². The lowest BCUT2D eigenvalue weighted by Gasteiger charge is -2.08. The average molecular weight is 445 g/mol. The van der Waals surface area contributed by atoms with E-state index < -0.39 is 10.8 Å². The standard InChI is InChI=1S/C19H15N3O6S2/c1-27-14-5-3-11(16(9-14)28-2)8-17-18(24)21(19(29)30-17)20-10-12-7-13(22(25)26)4-6-15(12)23/h3-10,23H,1-2H3/b17-8+,20-10?. The highest BCUT2D eigenvalue weighted by Gasteiger charge is 2.32. The smallest absolute Gasteiger partial charge is 0.286 e. The minimum atomic E-state index is -0.596. The molecule has 1 fully saturated rings. The first-order valence-corrected chi connectivity index (χ1v) is 9.58. The first-order valence-electron chi connectivity index (χ1n) is 8.35. The molecule has 1 aliphatic rings. The van der Waals surface area contributed by atoms with Crippen LogP contribution in [-0.4, -0.2) is 45.7 Å². The number of hydrazone groups is 1. The lowest BCUT2D eigenvalue weighted by atomic mass is 10.1. The fourth-order valence-corrected chi connectivity index (χ4v) is 3.68. The molecule has 0 saturated carbocycles. The topological polar surface area (TPSA) is 115 Å². The Morgan fingerprint density at radius 1 is 1.20 bits per heavy atom. The molecule has 1 saturated heterocycles. The molecule has 1 heterocycles. The van der Waals surface area contributed by atoms with Crippen molar-refractivity contribution in [2.75, 3.05) is 14.2 Å². The number of thiocarbonyl (C=S) groups is 1. The highest BCUT2D eigenvalue weighted by Crippen LogP contribution is 2.35. The summed E-state index contributed by atoms with van der Waals surface area (Å²) in [6.45, 7) is 0. The van der Waals surface area contributed by atoms with Crippen LogP contribution < -0.4 is 9.47 Å². The van der Waals surface area contributed by atoms with Crippen molar-refractivity contribution in [3.8, 4) is 17.2 Å². The molecule has 1 aliphatic heterocycles. The first-order chi connectivity index (χ1) is 14.3. The lowest BCUT2D eigenvalue weighted by molar-refractivity contribution is -0.384. The van der Waals surface area contributed by atoms with Gasteiger partial charge in [0.1, 0.15) is 17.2 Å². The summed E-state index contributed by atoms with van der Waals surface area (Å²) in [5.41, 5.74) is 0.518. The van der Waals surface area contributed by atoms with Gasteiger partial charge < -0.3 is 14.6 Å². The number of nitrogens with zero attached hydrogens (tertiary/aromatic N) is 3. The summed E-state index contributed by atoms with van der Waals surface area (Å²) in [4.78, 5) is 23.4. The second-order valence-corrected chi connectivity index (χ2v) is 7.52. The van der Waals surface area contributed by atoms with E-state index in [0.717, 1.165) is 35.1 Å². The number of nitro groups is 1. The maximum Gasteiger partial charge on any atom is 0.286 e. The van der Waals surface area contributed by atoms with Crippen LogP contribution in [0, 0.1) is 10.1 Å². The number of aromatic hydroxyl groups is 1. The third-order valence-electron chi connectivity index (χ3n) is 4.03. The van der Waals surface area contributed by atoms with Gasteiger partial charge in [0.15, 0.2) is 4.32 Å². The second-order valence-electron chi connectivity index (χ2n) is 5.85. The normalized spacial score (nSPS) is 15.3. The number of benzene rings is 2. The quantitative estimate of drug-likeness (QED) is 0.236. The maximum absolute atomic E-state index is 12.7. The van der Waals surface area contributed by atoms with Crippen LogP contribution in [0.25, 0.3) is 6.08 Å². The predicted molar refractivity (Wildman–Crippen MR) is 117 cm³/mol. The number of non-ortho nitro benzene ring substituents is 1. The van der Waals surface area contributed by atoms with Crippen molar-refractivity contribution in [3.63, 3.8) is 0 Å². The van der Waals surface area contributed by atoms with E-state index in [1.54, 1.807) is 24.3 Å². The van der Waals surface area contributed by atoms with E-state index in [9.17, 15) is 20.0 Å².